The summed E-state index contributed by atoms with van der Waals surface area (Å²) in [5, 5.41) is 2.83. The molecule has 0 aromatic carbocycles. The number of carbonyl (C=O) groups is 1. The van der Waals surface area contributed by atoms with Crippen molar-refractivity contribution < 1.29 is 9.53 Å². The number of nitrogens with one attached hydrogen (secondary N) is 1. The van der Waals surface area contributed by atoms with Crippen LogP contribution >= 0.6 is 0 Å². The quantitative estimate of drug-likeness (QED) is 0.648. The van der Waals surface area contributed by atoms with Gasteiger partial charge in [0.1, 0.15) is 0 Å². The first-order valence-corrected chi connectivity index (χ1v) is 5.42. The molecule has 0 radical (unpaired) electrons. The van der Waals surface area contributed by atoms with Gasteiger partial charge in [0, 0.05) is 32.8 Å². The molecule has 2 amide bonds. The summed E-state index contributed by atoms with van der Waals surface area (Å²) in [4.78, 5) is 13.2. The highest BCUT2D eigenvalue weighted by atomic mass is 16.5. The van der Waals surface area contributed by atoms with Crippen molar-refractivity contribution in [2.45, 2.75) is 26.3 Å². The highest BCUT2D eigenvalue weighted by molar-refractivity contribution is 5.73. The fraction of sp³-hybridized carbons (Fsp3) is 0.900. The first kappa shape index (κ1) is 14.2. The van der Waals surface area contributed by atoms with E-state index >= 15 is 0 Å². The van der Waals surface area contributed by atoms with Crippen LogP contribution in [0.4, 0.5) is 4.79 Å². The molecule has 3 N–H and O–H groups in total. The van der Waals surface area contributed by atoms with Crippen molar-refractivity contribution >= 4 is 6.03 Å². The number of ether oxygens (including phenoxy) is 1. The van der Waals surface area contributed by atoms with Gasteiger partial charge in [-0.15, -0.1) is 0 Å². The number of urea groups is 1. The SMILES string of the molecule is CCN(CC)C(=O)NCCC(N)COC. The summed E-state index contributed by atoms with van der Waals surface area (Å²) in [7, 11) is 1.62. The Hall–Kier alpha value is -0.810. The summed E-state index contributed by atoms with van der Waals surface area (Å²) >= 11 is 0. The van der Waals surface area contributed by atoms with Crippen molar-refractivity contribution in [1.82, 2.24) is 10.2 Å². The van der Waals surface area contributed by atoms with Crippen molar-refractivity contribution in [1.29, 1.82) is 0 Å². The van der Waals surface area contributed by atoms with E-state index in [0.29, 0.717) is 13.2 Å². The number of rotatable bonds is 7. The summed E-state index contributed by atoms with van der Waals surface area (Å²) in [6.07, 6.45) is 0.737. The maximum atomic E-state index is 11.5. The average molecular weight is 217 g/mol. The van der Waals surface area contributed by atoms with Crippen molar-refractivity contribution in [3.63, 3.8) is 0 Å². The van der Waals surface area contributed by atoms with Crippen molar-refractivity contribution in [3.8, 4) is 0 Å². The van der Waals surface area contributed by atoms with Crippen LogP contribution in [0, 0.1) is 0 Å². The summed E-state index contributed by atoms with van der Waals surface area (Å²) in [6, 6.07) is -0.0309. The molecule has 0 aliphatic rings. The van der Waals surface area contributed by atoms with E-state index in [1.54, 1.807) is 12.0 Å². The van der Waals surface area contributed by atoms with Gasteiger partial charge >= 0.3 is 6.03 Å². The highest BCUT2D eigenvalue weighted by Crippen LogP contribution is 1.90. The minimum Gasteiger partial charge on any atom is -0.383 e. The molecule has 1 atom stereocenters. The number of nitrogens with zero attached hydrogens (tertiary/aromatic N) is 1. The summed E-state index contributed by atoms with van der Waals surface area (Å²) in [6.45, 7) is 6.50. The zero-order valence-corrected chi connectivity index (χ0v) is 9.95. The largest absolute Gasteiger partial charge is 0.383 e. The molecule has 0 saturated heterocycles. The van der Waals surface area contributed by atoms with Gasteiger partial charge in [0.25, 0.3) is 0 Å². The fourth-order valence-corrected chi connectivity index (χ4v) is 1.28. The molecular formula is C10H23N3O2. The zero-order valence-electron chi connectivity index (χ0n) is 9.95. The van der Waals surface area contributed by atoms with E-state index in [1.807, 2.05) is 13.8 Å². The number of hydrogen-bond donors (Lipinski definition) is 2. The molecule has 0 spiro atoms. The van der Waals surface area contributed by atoms with Gasteiger partial charge < -0.3 is 20.7 Å². The Bertz CT molecular complexity index is 172. The third-order valence-corrected chi connectivity index (χ3v) is 2.22. The van der Waals surface area contributed by atoms with Crippen molar-refractivity contribution in [2.24, 2.45) is 5.73 Å². The van der Waals surface area contributed by atoms with Crippen molar-refractivity contribution in [3.05, 3.63) is 0 Å². The van der Waals surface area contributed by atoms with Gasteiger partial charge in [-0.05, 0) is 20.3 Å². The van der Waals surface area contributed by atoms with Gasteiger partial charge in [-0.1, -0.05) is 0 Å². The monoisotopic (exact) mass is 217 g/mol. The Morgan fingerprint density at radius 3 is 2.53 bits per heavy atom. The van der Waals surface area contributed by atoms with Crippen LogP contribution in [0.1, 0.15) is 20.3 Å². The molecule has 15 heavy (non-hydrogen) atoms. The molecule has 5 nitrogen and oxygen atoms in total. The lowest BCUT2D eigenvalue weighted by Gasteiger charge is -2.19. The van der Waals surface area contributed by atoms with Crippen LogP contribution in [0.5, 0.6) is 0 Å². The third-order valence-electron chi connectivity index (χ3n) is 2.22. The van der Waals surface area contributed by atoms with E-state index in [9.17, 15) is 4.79 Å². The fourth-order valence-electron chi connectivity index (χ4n) is 1.28. The number of amides is 2. The first-order valence-electron chi connectivity index (χ1n) is 5.42. The minimum atomic E-state index is -0.0235. The molecule has 0 heterocycles. The van der Waals surface area contributed by atoms with Gasteiger partial charge in [-0.25, -0.2) is 4.79 Å². The van der Waals surface area contributed by atoms with E-state index in [0.717, 1.165) is 19.5 Å². The van der Waals surface area contributed by atoms with E-state index in [-0.39, 0.29) is 12.1 Å². The van der Waals surface area contributed by atoms with Crippen LogP contribution in [-0.2, 0) is 4.74 Å². The Balaban J connectivity index is 3.62. The molecular weight excluding hydrogens is 194 g/mol. The lowest BCUT2D eigenvalue weighted by molar-refractivity contribution is 0.175. The van der Waals surface area contributed by atoms with E-state index in [1.165, 1.54) is 0 Å². The Kier molecular flexibility index (Phi) is 8.04. The first-order chi connectivity index (χ1) is 7.15. The zero-order chi connectivity index (χ0) is 11.7. The van der Waals surface area contributed by atoms with Crippen LogP contribution in [0.25, 0.3) is 0 Å². The van der Waals surface area contributed by atoms with Gasteiger partial charge in [0.05, 0.1) is 6.61 Å². The topological polar surface area (TPSA) is 67.6 Å². The van der Waals surface area contributed by atoms with Gasteiger partial charge in [0.2, 0.25) is 0 Å². The maximum absolute atomic E-state index is 11.5. The standard InChI is InChI=1S/C10H23N3O2/c1-4-13(5-2)10(14)12-7-6-9(11)8-15-3/h9H,4-8,11H2,1-3H3,(H,12,14). The predicted octanol–water partition coefficient (Wildman–Crippen LogP) is 0.402. The van der Waals surface area contributed by atoms with Gasteiger partial charge in [-0.3, -0.25) is 0 Å². The second-order valence-corrected chi connectivity index (χ2v) is 3.41. The normalized spacial score (nSPS) is 12.3. The second-order valence-electron chi connectivity index (χ2n) is 3.41. The van der Waals surface area contributed by atoms with Crippen LogP contribution in [0.3, 0.4) is 0 Å². The lowest BCUT2D eigenvalue weighted by atomic mass is 10.2. The Morgan fingerprint density at radius 2 is 2.07 bits per heavy atom. The van der Waals surface area contributed by atoms with Gasteiger partial charge in [-0.2, -0.15) is 0 Å². The molecule has 0 aromatic heterocycles. The predicted molar refractivity (Wildman–Crippen MR) is 60.8 cm³/mol. The van der Waals surface area contributed by atoms with Crippen LogP contribution in [-0.4, -0.2) is 50.3 Å². The molecule has 0 fully saturated rings. The highest BCUT2D eigenvalue weighted by Gasteiger charge is 2.08. The Morgan fingerprint density at radius 1 is 1.47 bits per heavy atom. The summed E-state index contributed by atoms with van der Waals surface area (Å²) in [5.74, 6) is 0. The molecule has 0 bridgehead atoms. The number of methoxy groups -OCH3 is 1. The van der Waals surface area contributed by atoms with E-state index < -0.39 is 0 Å². The molecule has 0 aliphatic carbocycles. The minimum absolute atomic E-state index is 0.00740. The molecule has 5 heteroatoms. The van der Waals surface area contributed by atoms with Gasteiger partial charge in [0.15, 0.2) is 0 Å². The van der Waals surface area contributed by atoms with Crippen LogP contribution in [0.2, 0.25) is 0 Å². The smallest absolute Gasteiger partial charge is 0.317 e. The summed E-state index contributed by atoms with van der Waals surface area (Å²) < 4.78 is 4.90. The van der Waals surface area contributed by atoms with Crippen LogP contribution < -0.4 is 11.1 Å². The lowest BCUT2D eigenvalue weighted by Crippen LogP contribution is -2.41. The second kappa shape index (κ2) is 8.49. The molecule has 0 rings (SSSR count). The summed E-state index contributed by atoms with van der Waals surface area (Å²) in [5.41, 5.74) is 5.72. The molecule has 0 aromatic rings. The average Bonchev–Trinajstić information content (AvgIpc) is 2.20. The molecule has 0 aliphatic heterocycles. The van der Waals surface area contributed by atoms with E-state index in [2.05, 4.69) is 5.32 Å². The number of nitrogens with two attached hydrogens (primary N) is 1. The third kappa shape index (κ3) is 6.30. The van der Waals surface area contributed by atoms with Crippen molar-refractivity contribution in [2.75, 3.05) is 33.4 Å². The molecule has 1 unspecified atom stereocenters. The maximum Gasteiger partial charge on any atom is 0.317 e. The molecule has 90 valence electrons. The van der Waals surface area contributed by atoms with Crippen LogP contribution in [0.15, 0.2) is 0 Å². The Labute approximate surface area is 91.9 Å². The molecule has 0 saturated carbocycles. The number of carbonyl (C=O) groups excluding carboxylic acids is 1. The number of hydrogen-bond acceptors (Lipinski definition) is 3. The van der Waals surface area contributed by atoms with E-state index in [4.69, 9.17) is 10.5 Å².